The van der Waals surface area contributed by atoms with Gasteiger partial charge in [0, 0.05) is 50.5 Å². The summed E-state index contributed by atoms with van der Waals surface area (Å²) in [4.78, 5) is 17.2. The number of halogens is 7. The Balaban J connectivity index is 1.65. The van der Waals surface area contributed by atoms with E-state index in [9.17, 15) is 40.7 Å². The van der Waals surface area contributed by atoms with E-state index in [1.54, 1.807) is 26.0 Å². The number of carbonyl (C=O) groups excluding carboxylic acids is 1. The third-order valence-corrected chi connectivity index (χ3v) is 8.24. The third-order valence-electron chi connectivity index (χ3n) is 8.24. The van der Waals surface area contributed by atoms with Crippen molar-refractivity contribution in [3.8, 4) is 0 Å². The molecule has 3 atom stereocenters. The van der Waals surface area contributed by atoms with Crippen molar-refractivity contribution in [2.45, 2.75) is 58.0 Å². The number of piperidine rings is 1. The summed E-state index contributed by atoms with van der Waals surface area (Å²) in [6.45, 7) is 6.01. The number of benzene rings is 2. The lowest BCUT2D eigenvalue weighted by molar-refractivity contribution is -0.612. The average molecular weight is 612 g/mol. The molecule has 232 valence electrons. The first-order valence-corrected chi connectivity index (χ1v) is 13.7. The maximum absolute atomic E-state index is 14.0. The number of carbonyl (C=O) groups is 1. The smallest absolute Gasteiger partial charge is 0.416 e. The topological polar surface area (TPSA) is 50.5 Å². The molecule has 43 heavy (non-hydrogen) atoms. The van der Waals surface area contributed by atoms with Crippen LogP contribution in [0.5, 0.6) is 0 Å². The van der Waals surface area contributed by atoms with Gasteiger partial charge in [0.2, 0.25) is 5.91 Å². The lowest BCUT2D eigenvalue weighted by atomic mass is 9.78. The molecule has 1 aliphatic rings. The Hall–Kier alpha value is -3.67. The van der Waals surface area contributed by atoms with Gasteiger partial charge in [0.05, 0.1) is 17.2 Å². The van der Waals surface area contributed by atoms with Crippen molar-refractivity contribution in [1.29, 1.82) is 0 Å². The van der Waals surface area contributed by atoms with Crippen LogP contribution in [0.15, 0.2) is 54.7 Å². The van der Waals surface area contributed by atoms with E-state index in [4.69, 9.17) is 0 Å². The summed E-state index contributed by atoms with van der Waals surface area (Å²) < 4.78 is 95.7. The van der Waals surface area contributed by atoms with Gasteiger partial charge in [-0.1, -0.05) is 6.07 Å². The van der Waals surface area contributed by atoms with Gasteiger partial charge in [0.25, 0.3) is 0 Å². The molecule has 0 saturated carbocycles. The Morgan fingerprint density at radius 2 is 1.65 bits per heavy atom. The number of rotatable bonds is 6. The second kappa shape index (κ2) is 12.1. The summed E-state index contributed by atoms with van der Waals surface area (Å²) in [7, 11) is 1.36. The summed E-state index contributed by atoms with van der Waals surface area (Å²) >= 11 is 0. The van der Waals surface area contributed by atoms with E-state index in [1.807, 2.05) is 6.07 Å². The molecule has 0 spiro atoms. The first kappa shape index (κ1) is 32.2. The monoisotopic (exact) mass is 611 g/mol. The molecule has 3 aromatic rings. The maximum atomic E-state index is 14.0. The van der Waals surface area contributed by atoms with Crippen LogP contribution in [-0.2, 0) is 23.7 Å². The van der Waals surface area contributed by atoms with Gasteiger partial charge in [-0.15, -0.1) is 0 Å². The van der Waals surface area contributed by atoms with Crippen LogP contribution in [0, 0.1) is 30.8 Å². The standard InChI is InChI=1S/C31H32F7N3O2/c1-18-11-25(32)7-8-26(18)28-17-40(15-21-6-5-19(2)41(43)16-21)10-9-27(28)29(42)39(4)20(3)22-12-23(30(33,34)35)14-24(13-22)31(36,37)38/h5-8,11-14,16,20,27-28H,9-10,15,17H2,1-4H3/t20-,27+,28-/m1/s1. The van der Waals surface area contributed by atoms with Crippen LogP contribution in [0.3, 0.4) is 0 Å². The molecule has 0 aliphatic carbocycles. The highest BCUT2D eigenvalue weighted by Gasteiger charge is 2.40. The van der Waals surface area contributed by atoms with E-state index >= 15 is 0 Å². The first-order valence-electron chi connectivity index (χ1n) is 13.7. The van der Waals surface area contributed by atoms with E-state index in [2.05, 4.69) is 4.90 Å². The van der Waals surface area contributed by atoms with Gasteiger partial charge in [-0.05, 0) is 79.9 Å². The minimum absolute atomic E-state index is 0.0590. The number of amides is 1. The fraction of sp³-hybridized carbons (Fsp3) is 0.419. The Morgan fingerprint density at radius 3 is 2.21 bits per heavy atom. The summed E-state index contributed by atoms with van der Waals surface area (Å²) in [5, 5.41) is 12.1. The second-order valence-corrected chi connectivity index (χ2v) is 11.2. The molecule has 1 amide bonds. The molecule has 1 aromatic heterocycles. The van der Waals surface area contributed by atoms with E-state index in [0.29, 0.717) is 55.0 Å². The number of pyridine rings is 1. The molecule has 0 unspecified atom stereocenters. The number of alkyl halides is 6. The van der Waals surface area contributed by atoms with E-state index < -0.39 is 53.1 Å². The molecule has 4 rings (SSSR count). The highest BCUT2D eigenvalue weighted by atomic mass is 19.4. The SMILES string of the molecule is Cc1cc(F)ccc1[C@H]1CN(Cc2ccc(C)[n+]([O-])c2)CC[C@@H]1C(=O)N(C)[C@H](C)c1cc(C(F)(F)F)cc(C(F)(F)F)c1. The van der Waals surface area contributed by atoms with Crippen LogP contribution < -0.4 is 4.73 Å². The van der Waals surface area contributed by atoms with E-state index in [1.165, 1.54) is 37.2 Å². The maximum Gasteiger partial charge on any atom is 0.416 e. The lowest BCUT2D eigenvalue weighted by Crippen LogP contribution is -2.46. The van der Waals surface area contributed by atoms with Gasteiger partial charge in [-0.3, -0.25) is 9.69 Å². The van der Waals surface area contributed by atoms with Crippen LogP contribution in [0.25, 0.3) is 0 Å². The molecule has 0 N–H and O–H groups in total. The van der Waals surface area contributed by atoms with Crippen LogP contribution in [0.2, 0.25) is 0 Å². The Morgan fingerprint density at radius 1 is 1.02 bits per heavy atom. The van der Waals surface area contributed by atoms with Crippen molar-refractivity contribution in [1.82, 2.24) is 9.80 Å². The fourth-order valence-corrected chi connectivity index (χ4v) is 5.67. The molecule has 1 fully saturated rings. The lowest BCUT2D eigenvalue weighted by Gasteiger charge is -2.41. The molecule has 0 radical (unpaired) electrons. The van der Waals surface area contributed by atoms with Crippen molar-refractivity contribution in [2.75, 3.05) is 20.1 Å². The average Bonchev–Trinajstić information content (AvgIpc) is 2.92. The van der Waals surface area contributed by atoms with Crippen LogP contribution in [0.4, 0.5) is 30.7 Å². The Labute approximate surface area is 245 Å². The van der Waals surface area contributed by atoms with Gasteiger partial charge in [-0.2, -0.15) is 31.1 Å². The van der Waals surface area contributed by atoms with Gasteiger partial charge >= 0.3 is 12.4 Å². The largest absolute Gasteiger partial charge is 0.619 e. The molecule has 5 nitrogen and oxygen atoms in total. The van der Waals surface area contributed by atoms with Crippen molar-refractivity contribution in [3.05, 3.63) is 105 Å². The van der Waals surface area contributed by atoms with Crippen molar-refractivity contribution in [2.24, 2.45) is 5.92 Å². The minimum Gasteiger partial charge on any atom is -0.619 e. The number of likely N-dealkylation sites (tertiary alicyclic amines) is 1. The highest BCUT2D eigenvalue weighted by molar-refractivity contribution is 5.80. The number of hydrogen-bond donors (Lipinski definition) is 0. The first-order chi connectivity index (χ1) is 20.0. The van der Waals surface area contributed by atoms with Crippen molar-refractivity contribution < 1.29 is 40.3 Å². The molecule has 2 aromatic carbocycles. The minimum atomic E-state index is -5.01. The zero-order valence-corrected chi connectivity index (χ0v) is 24.1. The van der Waals surface area contributed by atoms with Crippen LogP contribution >= 0.6 is 0 Å². The fourth-order valence-electron chi connectivity index (χ4n) is 5.67. The normalized spacial score (nSPS) is 18.9. The number of aryl methyl sites for hydroxylation is 2. The van der Waals surface area contributed by atoms with Gasteiger partial charge in [-0.25, -0.2) is 4.39 Å². The van der Waals surface area contributed by atoms with Crippen molar-refractivity contribution >= 4 is 5.91 Å². The van der Waals surface area contributed by atoms with Gasteiger partial charge in [0.1, 0.15) is 5.82 Å². The molecule has 0 bridgehead atoms. The number of nitrogens with zero attached hydrogens (tertiary/aromatic N) is 3. The van der Waals surface area contributed by atoms with Crippen molar-refractivity contribution in [3.63, 3.8) is 0 Å². The zero-order chi connectivity index (χ0) is 31.9. The third kappa shape index (κ3) is 7.29. The Bertz CT molecular complexity index is 1460. The summed E-state index contributed by atoms with van der Waals surface area (Å²) in [6, 6.07) is 8.00. The molecule has 1 aliphatic heterocycles. The number of hydrogen-bond acceptors (Lipinski definition) is 3. The highest BCUT2D eigenvalue weighted by Crippen LogP contribution is 2.40. The number of aromatic nitrogens is 1. The predicted molar refractivity (Wildman–Crippen MR) is 145 cm³/mol. The second-order valence-electron chi connectivity index (χ2n) is 11.2. The quantitative estimate of drug-likeness (QED) is 0.173. The Kier molecular flexibility index (Phi) is 9.10. The summed E-state index contributed by atoms with van der Waals surface area (Å²) in [5.74, 6) is -2.02. The van der Waals surface area contributed by atoms with E-state index in [0.717, 1.165) is 10.3 Å². The predicted octanol–water partition coefficient (Wildman–Crippen LogP) is 6.94. The van der Waals surface area contributed by atoms with E-state index in [-0.39, 0.29) is 11.6 Å². The van der Waals surface area contributed by atoms with Crippen LogP contribution in [-0.4, -0.2) is 35.8 Å². The molecule has 2 heterocycles. The molecule has 1 saturated heterocycles. The van der Waals surface area contributed by atoms with Crippen LogP contribution in [0.1, 0.15) is 64.4 Å². The molecule has 12 heteroatoms. The molecular weight excluding hydrogens is 579 g/mol. The zero-order valence-electron chi connectivity index (χ0n) is 24.1. The van der Waals surface area contributed by atoms with Gasteiger partial charge in [0.15, 0.2) is 11.9 Å². The molecular formula is C31H32F7N3O2. The summed E-state index contributed by atoms with van der Waals surface area (Å²) in [5.41, 5.74) is -0.575. The summed E-state index contributed by atoms with van der Waals surface area (Å²) in [6.07, 6.45) is -8.22. The van der Waals surface area contributed by atoms with Gasteiger partial charge < -0.3 is 10.1 Å².